The number of benzene rings is 2. The fraction of sp³-hybridized carbons (Fsp3) is 0.370. The van der Waals surface area contributed by atoms with Crippen LogP contribution in [0.25, 0.3) is 21.9 Å². The zero-order valence-corrected chi connectivity index (χ0v) is 19.8. The van der Waals surface area contributed by atoms with Crippen LogP contribution < -0.4 is 15.8 Å². The van der Waals surface area contributed by atoms with Crippen molar-refractivity contribution in [1.29, 1.82) is 0 Å². The molecule has 1 saturated heterocycles. The van der Waals surface area contributed by atoms with Gasteiger partial charge in [0.25, 0.3) is 5.56 Å². The summed E-state index contributed by atoms with van der Waals surface area (Å²) in [4.78, 5) is 35.9. The number of piperidine rings is 1. The van der Waals surface area contributed by atoms with E-state index in [2.05, 4.69) is 40.4 Å². The number of aromatic amines is 1. The third-order valence-electron chi connectivity index (χ3n) is 6.93. The standard InChI is InChI=1S/C27H31N5O2/c1-3-32-24-7-5-4-6-23(24)30-25(27(32)34)31-14-11-19(12-15-31)26(33)28-13-10-20-17-29-22-9-8-18(2)16-21(20)22/h4-9,16-17,19,29H,3,10-15H2,1-2H3,(H,28,33). The number of aryl methyl sites for hydroxylation is 2. The van der Waals surface area contributed by atoms with Crippen LogP contribution in [-0.2, 0) is 17.8 Å². The van der Waals surface area contributed by atoms with E-state index in [0.29, 0.717) is 32.0 Å². The number of nitrogens with zero attached hydrogens (tertiary/aromatic N) is 3. The van der Waals surface area contributed by atoms with Crippen molar-refractivity contribution >= 4 is 33.7 Å². The van der Waals surface area contributed by atoms with Crippen LogP contribution in [0.5, 0.6) is 0 Å². The molecular weight excluding hydrogens is 426 g/mol. The van der Waals surface area contributed by atoms with E-state index in [0.717, 1.165) is 35.8 Å². The number of hydrogen-bond donors (Lipinski definition) is 2. The van der Waals surface area contributed by atoms with Crippen molar-refractivity contribution in [3.8, 4) is 0 Å². The zero-order chi connectivity index (χ0) is 23.7. The molecule has 7 heteroatoms. The molecule has 7 nitrogen and oxygen atoms in total. The van der Waals surface area contributed by atoms with Crippen LogP contribution in [-0.4, -0.2) is 40.1 Å². The highest BCUT2D eigenvalue weighted by atomic mass is 16.2. The van der Waals surface area contributed by atoms with Gasteiger partial charge in [-0.25, -0.2) is 4.98 Å². The Morgan fingerprint density at radius 3 is 2.76 bits per heavy atom. The maximum absolute atomic E-state index is 13.1. The van der Waals surface area contributed by atoms with E-state index in [1.807, 2.05) is 42.3 Å². The van der Waals surface area contributed by atoms with Gasteiger partial charge >= 0.3 is 0 Å². The molecule has 3 heterocycles. The number of carbonyl (C=O) groups is 1. The van der Waals surface area contributed by atoms with Crippen molar-refractivity contribution in [3.63, 3.8) is 0 Å². The highest BCUT2D eigenvalue weighted by Gasteiger charge is 2.27. The first-order chi connectivity index (χ1) is 16.5. The Hall–Kier alpha value is -3.61. The summed E-state index contributed by atoms with van der Waals surface area (Å²) < 4.78 is 1.78. The molecule has 1 fully saturated rings. The largest absolute Gasteiger partial charge is 0.361 e. The number of nitrogens with one attached hydrogen (secondary N) is 2. The summed E-state index contributed by atoms with van der Waals surface area (Å²) in [5, 5.41) is 4.35. The first-order valence-electron chi connectivity index (χ1n) is 12.1. The Morgan fingerprint density at radius 2 is 1.97 bits per heavy atom. The van der Waals surface area contributed by atoms with Gasteiger partial charge in [0.15, 0.2) is 5.82 Å². The van der Waals surface area contributed by atoms with Gasteiger partial charge in [-0.2, -0.15) is 0 Å². The minimum absolute atomic E-state index is 0.0321. The molecule has 2 aromatic heterocycles. The summed E-state index contributed by atoms with van der Waals surface area (Å²) in [7, 11) is 0. The molecule has 1 amide bonds. The Labute approximate surface area is 198 Å². The maximum atomic E-state index is 13.1. The number of anilines is 1. The molecule has 0 spiro atoms. The van der Waals surface area contributed by atoms with E-state index in [-0.39, 0.29) is 17.4 Å². The molecule has 4 aromatic rings. The summed E-state index contributed by atoms with van der Waals surface area (Å²) in [6, 6.07) is 14.1. The molecule has 0 atom stereocenters. The van der Waals surface area contributed by atoms with Crippen molar-refractivity contribution < 1.29 is 4.79 Å². The van der Waals surface area contributed by atoms with Gasteiger partial charge in [0.05, 0.1) is 11.0 Å². The third-order valence-corrected chi connectivity index (χ3v) is 6.93. The SMILES string of the molecule is CCn1c(=O)c(N2CCC(C(=O)NCCc3c[nH]c4ccc(C)cc34)CC2)nc2ccccc21. The molecular formula is C27H31N5O2. The van der Waals surface area contributed by atoms with E-state index < -0.39 is 0 Å². The number of aromatic nitrogens is 3. The lowest BCUT2D eigenvalue weighted by molar-refractivity contribution is -0.125. The van der Waals surface area contributed by atoms with Crippen LogP contribution in [0.15, 0.2) is 53.5 Å². The number of amides is 1. The lowest BCUT2D eigenvalue weighted by atomic mass is 9.96. The molecule has 2 aromatic carbocycles. The Morgan fingerprint density at radius 1 is 1.18 bits per heavy atom. The van der Waals surface area contributed by atoms with Crippen LogP contribution in [0.3, 0.4) is 0 Å². The van der Waals surface area contributed by atoms with Gasteiger partial charge in [-0.05, 0) is 62.9 Å². The highest BCUT2D eigenvalue weighted by molar-refractivity contribution is 5.84. The maximum Gasteiger partial charge on any atom is 0.293 e. The Bertz CT molecular complexity index is 1400. The Balaban J connectivity index is 1.20. The number of hydrogen-bond acceptors (Lipinski definition) is 4. The van der Waals surface area contributed by atoms with E-state index in [1.165, 1.54) is 16.5 Å². The molecule has 0 bridgehead atoms. The van der Waals surface area contributed by atoms with E-state index in [4.69, 9.17) is 0 Å². The smallest absolute Gasteiger partial charge is 0.293 e. The summed E-state index contributed by atoms with van der Waals surface area (Å²) in [6.45, 7) is 6.60. The fourth-order valence-electron chi connectivity index (χ4n) is 5.02. The van der Waals surface area contributed by atoms with Crippen molar-refractivity contribution in [3.05, 3.63) is 70.1 Å². The van der Waals surface area contributed by atoms with E-state index in [1.54, 1.807) is 4.57 Å². The molecule has 5 rings (SSSR count). The quantitative estimate of drug-likeness (QED) is 0.462. The molecule has 34 heavy (non-hydrogen) atoms. The highest BCUT2D eigenvalue weighted by Crippen LogP contribution is 2.23. The van der Waals surface area contributed by atoms with Gasteiger partial charge in [-0.1, -0.05) is 23.8 Å². The second-order valence-electron chi connectivity index (χ2n) is 9.14. The fourth-order valence-corrected chi connectivity index (χ4v) is 5.02. The van der Waals surface area contributed by atoms with Crippen molar-refractivity contribution in [2.75, 3.05) is 24.5 Å². The lowest BCUT2D eigenvalue weighted by Gasteiger charge is -2.32. The topological polar surface area (TPSA) is 83.0 Å². The zero-order valence-electron chi connectivity index (χ0n) is 19.8. The second kappa shape index (κ2) is 9.33. The molecule has 1 aliphatic rings. The molecule has 1 aliphatic heterocycles. The Kier molecular flexibility index (Phi) is 6.09. The van der Waals surface area contributed by atoms with Crippen LogP contribution in [0.1, 0.15) is 30.9 Å². The number of H-pyrrole nitrogens is 1. The van der Waals surface area contributed by atoms with Gasteiger partial charge < -0.3 is 19.8 Å². The molecule has 0 unspecified atom stereocenters. The molecule has 0 aliphatic carbocycles. The van der Waals surface area contributed by atoms with Crippen LogP contribution in [0.4, 0.5) is 5.82 Å². The van der Waals surface area contributed by atoms with E-state index in [9.17, 15) is 9.59 Å². The summed E-state index contributed by atoms with van der Waals surface area (Å²) in [5.74, 6) is 0.567. The van der Waals surface area contributed by atoms with Gasteiger partial charge in [-0.3, -0.25) is 9.59 Å². The van der Waals surface area contributed by atoms with Gasteiger partial charge in [0.2, 0.25) is 5.91 Å². The molecule has 0 radical (unpaired) electrons. The summed E-state index contributed by atoms with van der Waals surface area (Å²) >= 11 is 0. The van der Waals surface area contributed by atoms with Gasteiger partial charge in [0, 0.05) is 49.2 Å². The molecule has 0 saturated carbocycles. The normalized spacial score (nSPS) is 14.7. The average molecular weight is 458 g/mol. The molecule has 2 N–H and O–H groups in total. The number of carbonyl (C=O) groups excluding carboxylic acids is 1. The monoisotopic (exact) mass is 457 g/mol. The van der Waals surface area contributed by atoms with Gasteiger partial charge in [-0.15, -0.1) is 0 Å². The van der Waals surface area contributed by atoms with E-state index >= 15 is 0 Å². The first kappa shape index (κ1) is 22.2. The predicted octanol–water partition coefficient (Wildman–Crippen LogP) is 3.78. The minimum atomic E-state index is -0.0573. The number of rotatable bonds is 6. The summed E-state index contributed by atoms with van der Waals surface area (Å²) in [6.07, 6.45) is 4.27. The predicted molar refractivity (Wildman–Crippen MR) is 136 cm³/mol. The van der Waals surface area contributed by atoms with Crippen LogP contribution >= 0.6 is 0 Å². The summed E-state index contributed by atoms with van der Waals surface area (Å²) in [5.41, 5.74) is 5.21. The molecule has 176 valence electrons. The minimum Gasteiger partial charge on any atom is -0.361 e. The first-order valence-corrected chi connectivity index (χ1v) is 12.1. The van der Waals surface area contributed by atoms with Crippen LogP contribution in [0, 0.1) is 12.8 Å². The van der Waals surface area contributed by atoms with Crippen molar-refractivity contribution in [2.45, 2.75) is 39.7 Å². The number of fused-ring (bicyclic) bond motifs is 2. The average Bonchev–Trinajstić information content (AvgIpc) is 3.25. The van der Waals surface area contributed by atoms with Crippen molar-refractivity contribution in [1.82, 2.24) is 19.9 Å². The third kappa shape index (κ3) is 4.18. The lowest BCUT2D eigenvalue weighted by Crippen LogP contribution is -2.43. The van der Waals surface area contributed by atoms with Crippen LogP contribution in [0.2, 0.25) is 0 Å². The van der Waals surface area contributed by atoms with Gasteiger partial charge in [0.1, 0.15) is 0 Å². The number of para-hydroxylation sites is 2. The van der Waals surface area contributed by atoms with Crippen molar-refractivity contribution in [2.24, 2.45) is 5.92 Å². The second-order valence-corrected chi connectivity index (χ2v) is 9.14.